The molecule has 0 aromatic heterocycles. The van der Waals surface area contributed by atoms with Crippen LogP contribution in [0.5, 0.6) is 0 Å². The number of hydrogen-bond donors (Lipinski definition) is 0. The number of likely N-dealkylation sites (tertiary alicyclic amines) is 1. The predicted molar refractivity (Wildman–Crippen MR) is 74.8 cm³/mol. The SMILES string of the molecule is CC(=O)OC12CCCCC1CCN(CC1CC1)C2C. The summed E-state index contributed by atoms with van der Waals surface area (Å²) in [6.45, 7) is 6.29. The van der Waals surface area contributed by atoms with Gasteiger partial charge in [0.2, 0.25) is 0 Å². The van der Waals surface area contributed by atoms with Crippen molar-refractivity contribution in [2.45, 2.75) is 70.4 Å². The number of hydrogen-bond acceptors (Lipinski definition) is 3. The Morgan fingerprint density at radius 2 is 2.05 bits per heavy atom. The number of rotatable bonds is 3. The van der Waals surface area contributed by atoms with Crippen molar-refractivity contribution < 1.29 is 9.53 Å². The third-order valence-corrected chi connectivity index (χ3v) is 5.60. The summed E-state index contributed by atoms with van der Waals surface area (Å²) in [4.78, 5) is 14.2. The van der Waals surface area contributed by atoms with Crippen LogP contribution in [0.15, 0.2) is 0 Å². The molecule has 3 unspecified atom stereocenters. The number of nitrogens with zero attached hydrogens (tertiary/aromatic N) is 1. The highest BCUT2D eigenvalue weighted by molar-refractivity contribution is 5.66. The standard InChI is InChI=1S/C16H27NO2/c1-12-16(19-13(2)18)9-4-3-5-15(16)8-10-17(12)11-14-6-7-14/h12,14-15H,3-11H2,1-2H3. The highest BCUT2D eigenvalue weighted by Gasteiger charge is 2.52. The second kappa shape index (κ2) is 5.08. The summed E-state index contributed by atoms with van der Waals surface area (Å²) in [7, 11) is 0. The van der Waals surface area contributed by atoms with Crippen LogP contribution in [0.4, 0.5) is 0 Å². The average molecular weight is 265 g/mol. The lowest BCUT2D eigenvalue weighted by molar-refractivity contribution is -0.191. The van der Waals surface area contributed by atoms with E-state index in [1.54, 1.807) is 6.92 Å². The van der Waals surface area contributed by atoms with Crippen LogP contribution in [0, 0.1) is 11.8 Å². The number of esters is 1. The second-order valence-electron chi connectivity index (χ2n) is 6.89. The fraction of sp³-hybridized carbons (Fsp3) is 0.938. The monoisotopic (exact) mass is 265 g/mol. The van der Waals surface area contributed by atoms with Gasteiger partial charge in [-0.3, -0.25) is 9.69 Å². The van der Waals surface area contributed by atoms with E-state index in [1.807, 2.05) is 0 Å². The maximum atomic E-state index is 11.6. The lowest BCUT2D eigenvalue weighted by Crippen LogP contribution is -2.63. The number of ether oxygens (including phenoxy) is 1. The first kappa shape index (κ1) is 13.4. The van der Waals surface area contributed by atoms with Crippen LogP contribution < -0.4 is 0 Å². The quantitative estimate of drug-likeness (QED) is 0.735. The lowest BCUT2D eigenvalue weighted by Gasteiger charge is -2.54. The topological polar surface area (TPSA) is 29.5 Å². The Morgan fingerprint density at radius 1 is 1.26 bits per heavy atom. The number of carbonyl (C=O) groups is 1. The summed E-state index contributed by atoms with van der Waals surface area (Å²) in [5.74, 6) is 1.42. The Bertz CT molecular complexity index is 353. The molecule has 1 saturated heterocycles. The molecule has 0 bridgehead atoms. The van der Waals surface area contributed by atoms with Crippen LogP contribution in [0.1, 0.15) is 58.8 Å². The maximum Gasteiger partial charge on any atom is 0.303 e. The van der Waals surface area contributed by atoms with Crippen molar-refractivity contribution in [3.63, 3.8) is 0 Å². The Morgan fingerprint density at radius 3 is 2.74 bits per heavy atom. The molecule has 108 valence electrons. The van der Waals surface area contributed by atoms with E-state index in [4.69, 9.17) is 4.74 Å². The number of piperidine rings is 1. The largest absolute Gasteiger partial charge is 0.457 e. The first-order valence-electron chi connectivity index (χ1n) is 8.05. The Labute approximate surface area is 116 Å². The zero-order chi connectivity index (χ0) is 13.5. The molecule has 0 spiro atoms. The minimum Gasteiger partial charge on any atom is -0.457 e. The van der Waals surface area contributed by atoms with E-state index >= 15 is 0 Å². The van der Waals surface area contributed by atoms with Crippen LogP contribution in [0.25, 0.3) is 0 Å². The van der Waals surface area contributed by atoms with Crippen molar-refractivity contribution in [3.8, 4) is 0 Å². The molecule has 3 atom stereocenters. The van der Waals surface area contributed by atoms with Crippen LogP contribution in [0.3, 0.4) is 0 Å². The third-order valence-electron chi connectivity index (χ3n) is 5.60. The molecule has 1 aliphatic heterocycles. The lowest BCUT2D eigenvalue weighted by atomic mass is 9.67. The van der Waals surface area contributed by atoms with E-state index in [-0.39, 0.29) is 11.6 Å². The van der Waals surface area contributed by atoms with E-state index in [0.29, 0.717) is 12.0 Å². The Hall–Kier alpha value is -0.570. The van der Waals surface area contributed by atoms with Gasteiger partial charge in [0.1, 0.15) is 5.60 Å². The summed E-state index contributed by atoms with van der Waals surface area (Å²) < 4.78 is 5.95. The molecule has 3 heteroatoms. The maximum absolute atomic E-state index is 11.6. The van der Waals surface area contributed by atoms with Crippen molar-refractivity contribution in [1.29, 1.82) is 0 Å². The van der Waals surface area contributed by atoms with Gasteiger partial charge in [0, 0.05) is 25.4 Å². The van der Waals surface area contributed by atoms with Gasteiger partial charge in [-0.1, -0.05) is 6.42 Å². The van der Waals surface area contributed by atoms with Crippen molar-refractivity contribution in [3.05, 3.63) is 0 Å². The summed E-state index contributed by atoms with van der Waals surface area (Å²) in [5.41, 5.74) is -0.183. The van der Waals surface area contributed by atoms with E-state index < -0.39 is 0 Å². The molecule has 0 radical (unpaired) electrons. The molecule has 0 N–H and O–H groups in total. The zero-order valence-corrected chi connectivity index (χ0v) is 12.4. The second-order valence-corrected chi connectivity index (χ2v) is 6.89. The van der Waals surface area contributed by atoms with Crippen LogP contribution in [-0.2, 0) is 9.53 Å². The van der Waals surface area contributed by atoms with Crippen LogP contribution in [-0.4, -0.2) is 35.6 Å². The molecule has 1 heterocycles. The molecule has 2 aliphatic carbocycles. The minimum absolute atomic E-state index is 0.0907. The van der Waals surface area contributed by atoms with E-state index in [0.717, 1.165) is 12.3 Å². The highest BCUT2D eigenvalue weighted by atomic mass is 16.6. The summed E-state index contributed by atoms with van der Waals surface area (Å²) in [5, 5.41) is 0. The van der Waals surface area contributed by atoms with Crippen LogP contribution >= 0.6 is 0 Å². The molecule has 0 aromatic rings. The molecule has 19 heavy (non-hydrogen) atoms. The van der Waals surface area contributed by atoms with Crippen molar-refractivity contribution >= 4 is 5.97 Å². The van der Waals surface area contributed by atoms with Crippen molar-refractivity contribution in [2.75, 3.05) is 13.1 Å². The van der Waals surface area contributed by atoms with Crippen molar-refractivity contribution in [2.24, 2.45) is 11.8 Å². The van der Waals surface area contributed by atoms with E-state index in [9.17, 15) is 4.79 Å². The molecule has 3 nitrogen and oxygen atoms in total. The van der Waals surface area contributed by atoms with Crippen molar-refractivity contribution in [1.82, 2.24) is 4.90 Å². The Balaban J connectivity index is 1.79. The van der Waals surface area contributed by atoms with E-state index in [2.05, 4.69) is 11.8 Å². The Kier molecular flexibility index (Phi) is 3.59. The predicted octanol–water partition coefficient (Wildman–Crippen LogP) is 2.98. The van der Waals surface area contributed by atoms with Gasteiger partial charge in [-0.25, -0.2) is 0 Å². The fourth-order valence-electron chi connectivity index (χ4n) is 4.37. The molecular weight excluding hydrogens is 238 g/mol. The smallest absolute Gasteiger partial charge is 0.303 e. The third kappa shape index (κ3) is 2.54. The van der Waals surface area contributed by atoms with Gasteiger partial charge < -0.3 is 4.74 Å². The molecular formula is C16H27NO2. The zero-order valence-electron chi connectivity index (χ0n) is 12.4. The van der Waals surface area contributed by atoms with Crippen LogP contribution in [0.2, 0.25) is 0 Å². The first-order chi connectivity index (χ1) is 9.12. The van der Waals surface area contributed by atoms with Gasteiger partial charge in [0.05, 0.1) is 0 Å². The van der Waals surface area contributed by atoms with Gasteiger partial charge in [0.15, 0.2) is 0 Å². The van der Waals surface area contributed by atoms with E-state index in [1.165, 1.54) is 51.6 Å². The fourth-order valence-corrected chi connectivity index (χ4v) is 4.37. The molecule has 3 aliphatic rings. The van der Waals surface area contributed by atoms with Gasteiger partial charge in [0.25, 0.3) is 0 Å². The summed E-state index contributed by atoms with van der Waals surface area (Å²) >= 11 is 0. The minimum atomic E-state index is -0.183. The molecule has 3 fully saturated rings. The summed E-state index contributed by atoms with van der Waals surface area (Å²) in [6.07, 6.45) is 8.84. The number of fused-ring (bicyclic) bond motifs is 1. The average Bonchev–Trinajstić information content (AvgIpc) is 3.17. The first-order valence-corrected chi connectivity index (χ1v) is 8.05. The molecule has 2 saturated carbocycles. The molecule has 3 rings (SSSR count). The van der Waals surface area contributed by atoms with Gasteiger partial charge in [-0.05, 0) is 57.9 Å². The van der Waals surface area contributed by atoms with Gasteiger partial charge >= 0.3 is 5.97 Å². The molecule has 0 amide bonds. The number of carbonyl (C=O) groups excluding carboxylic acids is 1. The van der Waals surface area contributed by atoms with Gasteiger partial charge in [-0.15, -0.1) is 0 Å². The van der Waals surface area contributed by atoms with Gasteiger partial charge in [-0.2, -0.15) is 0 Å². The molecule has 0 aromatic carbocycles. The highest BCUT2D eigenvalue weighted by Crippen LogP contribution is 2.46. The summed E-state index contributed by atoms with van der Waals surface area (Å²) in [6, 6.07) is 0.399. The normalized spacial score (nSPS) is 39.7.